The number of hydrogen-bond acceptors (Lipinski definition) is 4. The van der Waals surface area contributed by atoms with Crippen LogP contribution in [0.2, 0.25) is 0 Å². The number of ether oxygens (including phenoxy) is 2. The largest absolute Gasteiger partial charge is 0.382 e. The molecule has 0 bridgehead atoms. The van der Waals surface area contributed by atoms with Crippen molar-refractivity contribution in [2.75, 3.05) is 20.3 Å². The summed E-state index contributed by atoms with van der Waals surface area (Å²) in [6.45, 7) is 1.84. The number of thiazole rings is 1. The predicted molar refractivity (Wildman–Crippen MR) is 78.6 cm³/mol. The maximum absolute atomic E-state index is 5.75. The number of alkyl halides is 1. The summed E-state index contributed by atoms with van der Waals surface area (Å²) in [5.41, 5.74) is 3.18. The van der Waals surface area contributed by atoms with Crippen LogP contribution in [0.5, 0.6) is 0 Å². The minimum Gasteiger partial charge on any atom is -0.382 e. The Kier molecular flexibility index (Phi) is 5.79. The topological polar surface area (TPSA) is 31.4 Å². The van der Waals surface area contributed by atoms with Gasteiger partial charge in [-0.1, -0.05) is 24.3 Å². The molecular weight excluding hydrogens is 282 g/mol. The Morgan fingerprint density at radius 2 is 2.00 bits per heavy atom. The summed E-state index contributed by atoms with van der Waals surface area (Å²) < 4.78 is 10.4. The molecule has 0 saturated heterocycles. The molecule has 0 aliphatic carbocycles. The zero-order valence-electron chi connectivity index (χ0n) is 10.8. The van der Waals surface area contributed by atoms with Gasteiger partial charge in [-0.15, -0.1) is 22.9 Å². The van der Waals surface area contributed by atoms with Gasteiger partial charge in [0.25, 0.3) is 0 Å². The molecule has 5 heteroatoms. The lowest BCUT2D eigenvalue weighted by Gasteiger charge is -2.04. The summed E-state index contributed by atoms with van der Waals surface area (Å²) in [6, 6.07) is 8.24. The van der Waals surface area contributed by atoms with Crippen LogP contribution in [-0.4, -0.2) is 25.3 Å². The van der Waals surface area contributed by atoms with E-state index in [0.29, 0.717) is 25.7 Å². The molecule has 19 heavy (non-hydrogen) atoms. The summed E-state index contributed by atoms with van der Waals surface area (Å²) >= 11 is 7.37. The highest BCUT2D eigenvalue weighted by atomic mass is 35.5. The highest BCUT2D eigenvalue weighted by Crippen LogP contribution is 2.24. The summed E-state index contributed by atoms with van der Waals surface area (Å²) in [6.07, 6.45) is 0. The summed E-state index contributed by atoms with van der Waals surface area (Å²) in [4.78, 5) is 4.45. The average Bonchev–Trinajstić information content (AvgIpc) is 2.93. The second kappa shape index (κ2) is 7.60. The third-order valence-electron chi connectivity index (χ3n) is 2.59. The maximum atomic E-state index is 5.75. The van der Waals surface area contributed by atoms with Gasteiger partial charge < -0.3 is 9.47 Å². The van der Waals surface area contributed by atoms with Crippen molar-refractivity contribution in [1.29, 1.82) is 0 Å². The first kappa shape index (κ1) is 14.5. The first-order chi connectivity index (χ1) is 9.33. The first-order valence-corrected chi connectivity index (χ1v) is 7.41. The molecule has 1 aromatic heterocycles. The fourth-order valence-electron chi connectivity index (χ4n) is 1.58. The molecule has 2 rings (SSSR count). The molecule has 1 heterocycles. The SMILES string of the molecule is COCCOCc1ccc(-c2nc(CCl)cs2)cc1. The van der Waals surface area contributed by atoms with Crippen LogP contribution in [-0.2, 0) is 22.0 Å². The number of hydrogen-bond donors (Lipinski definition) is 0. The Hall–Kier alpha value is -0.940. The van der Waals surface area contributed by atoms with Crippen LogP contribution in [0.4, 0.5) is 0 Å². The van der Waals surface area contributed by atoms with Crippen LogP contribution in [0.1, 0.15) is 11.3 Å². The maximum Gasteiger partial charge on any atom is 0.123 e. The minimum atomic E-state index is 0.460. The van der Waals surface area contributed by atoms with Gasteiger partial charge >= 0.3 is 0 Å². The molecule has 0 unspecified atom stereocenters. The fraction of sp³-hybridized carbons (Fsp3) is 0.357. The van der Waals surface area contributed by atoms with Gasteiger partial charge in [0.2, 0.25) is 0 Å². The van der Waals surface area contributed by atoms with Crippen LogP contribution in [0.3, 0.4) is 0 Å². The molecule has 102 valence electrons. The predicted octanol–water partition coefficient (Wildman–Crippen LogP) is 3.71. The lowest BCUT2D eigenvalue weighted by atomic mass is 10.1. The summed E-state index contributed by atoms with van der Waals surface area (Å²) in [7, 11) is 1.67. The van der Waals surface area contributed by atoms with Gasteiger partial charge in [0, 0.05) is 18.1 Å². The molecular formula is C14H16ClNO2S. The zero-order chi connectivity index (χ0) is 13.5. The molecule has 2 aromatic rings. The molecule has 3 nitrogen and oxygen atoms in total. The Labute approximate surface area is 122 Å². The molecule has 1 aromatic carbocycles. The van der Waals surface area contributed by atoms with E-state index in [1.807, 2.05) is 5.38 Å². The minimum absolute atomic E-state index is 0.460. The van der Waals surface area contributed by atoms with Gasteiger partial charge in [0.05, 0.1) is 31.4 Å². The summed E-state index contributed by atoms with van der Waals surface area (Å²) in [5.74, 6) is 0.460. The highest BCUT2D eigenvalue weighted by Gasteiger charge is 2.04. The van der Waals surface area contributed by atoms with E-state index in [1.54, 1.807) is 18.4 Å². The Bertz CT molecular complexity index is 498. The van der Waals surface area contributed by atoms with Crippen LogP contribution < -0.4 is 0 Å². The van der Waals surface area contributed by atoms with Crippen molar-refractivity contribution in [3.05, 3.63) is 40.9 Å². The summed E-state index contributed by atoms with van der Waals surface area (Å²) in [5, 5.41) is 2.99. The number of halogens is 1. The Morgan fingerprint density at radius 1 is 1.21 bits per heavy atom. The monoisotopic (exact) mass is 297 g/mol. The van der Waals surface area contributed by atoms with Crippen molar-refractivity contribution < 1.29 is 9.47 Å². The molecule has 0 aliphatic rings. The molecule has 0 aliphatic heterocycles. The molecule has 0 atom stereocenters. The van der Waals surface area contributed by atoms with Gasteiger partial charge in [-0.05, 0) is 5.56 Å². The van der Waals surface area contributed by atoms with Crippen molar-refractivity contribution in [3.8, 4) is 10.6 Å². The van der Waals surface area contributed by atoms with Crippen LogP contribution in [0.15, 0.2) is 29.6 Å². The van der Waals surface area contributed by atoms with Crippen molar-refractivity contribution in [3.63, 3.8) is 0 Å². The van der Waals surface area contributed by atoms with E-state index in [2.05, 4.69) is 29.2 Å². The van der Waals surface area contributed by atoms with Gasteiger partial charge in [-0.25, -0.2) is 4.98 Å². The number of benzene rings is 1. The molecule has 0 radical (unpaired) electrons. The Balaban J connectivity index is 1.94. The van der Waals surface area contributed by atoms with Crippen LogP contribution in [0.25, 0.3) is 10.6 Å². The van der Waals surface area contributed by atoms with E-state index in [4.69, 9.17) is 21.1 Å². The third kappa shape index (κ3) is 4.28. The quantitative estimate of drug-likeness (QED) is 0.577. The van der Waals surface area contributed by atoms with E-state index in [0.717, 1.165) is 21.8 Å². The van der Waals surface area contributed by atoms with Crippen LogP contribution in [0, 0.1) is 0 Å². The molecule has 0 saturated carbocycles. The lowest BCUT2D eigenvalue weighted by molar-refractivity contribution is 0.0617. The smallest absolute Gasteiger partial charge is 0.123 e. The zero-order valence-corrected chi connectivity index (χ0v) is 12.3. The van der Waals surface area contributed by atoms with Gasteiger partial charge in [0.15, 0.2) is 0 Å². The van der Waals surface area contributed by atoms with Gasteiger partial charge in [-0.3, -0.25) is 0 Å². The van der Waals surface area contributed by atoms with E-state index in [9.17, 15) is 0 Å². The van der Waals surface area contributed by atoms with Gasteiger partial charge in [-0.2, -0.15) is 0 Å². The Morgan fingerprint density at radius 3 is 2.63 bits per heavy atom. The van der Waals surface area contributed by atoms with E-state index in [1.165, 1.54) is 0 Å². The first-order valence-electron chi connectivity index (χ1n) is 6.00. The standard InChI is InChI=1S/C14H16ClNO2S/c1-17-6-7-18-9-11-2-4-12(5-3-11)14-16-13(8-15)10-19-14/h2-5,10H,6-9H2,1H3. The molecule has 0 spiro atoms. The van der Waals surface area contributed by atoms with Crippen molar-refractivity contribution in [1.82, 2.24) is 4.98 Å². The van der Waals surface area contributed by atoms with Gasteiger partial charge in [0.1, 0.15) is 5.01 Å². The van der Waals surface area contributed by atoms with E-state index in [-0.39, 0.29) is 0 Å². The van der Waals surface area contributed by atoms with E-state index >= 15 is 0 Å². The van der Waals surface area contributed by atoms with Crippen molar-refractivity contribution in [2.24, 2.45) is 0 Å². The number of methoxy groups -OCH3 is 1. The van der Waals surface area contributed by atoms with Crippen molar-refractivity contribution >= 4 is 22.9 Å². The second-order valence-electron chi connectivity index (χ2n) is 4.02. The molecule has 0 amide bonds. The average molecular weight is 298 g/mol. The second-order valence-corrected chi connectivity index (χ2v) is 5.15. The number of rotatable bonds is 7. The molecule has 0 N–H and O–H groups in total. The highest BCUT2D eigenvalue weighted by molar-refractivity contribution is 7.13. The number of nitrogens with zero attached hydrogens (tertiary/aromatic N) is 1. The fourth-order valence-corrected chi connectivity index (χ4v) is 2.63. The number of aromatic nitrogens is 1. The lowest BCUT2D eigenvalue weighted by Crippen LogP contribution is -2.01. The third-order valence-corrected chi connectivity index (χ3v) is 3.80. The van der Waals surface area contributed by atoms with E-state index < -0.39 is 0 Å². The van der Waals surface area contributed by atoms with Crippen molar-refractivity contribution in [2.45, 2.75) is 12.5 Å². The van der Waals surface area contributed by atoms with Crippen LogP contribution >= 0.6 is 22.9 Å². The normalized spacial score (nSPS) is 10.8. The molecule has 0 fully saturated rings.